The molecule has 2 N–H and O–H groups in total. The van der Waals surface area contributed by atoms with Crippen LogP contribution in [0, 0.1) is 0 Å². The molecular weight excluding hydrogens is 328 g/mol. The van der Waals surface area contributed by atoms with Gasteiger partial charge in [0.1, 0.15) is 0 Å². The lowest BCUT2D eigenvalue weighted by Gasteiger charge is -2.34. The van der Waals surface area contributed by atoms with Gasteiger partial charge >= 0.3 is 0 Å². The molecule has 1 aromatic rings. The minimum atomic E-state index is -0.0672. The molecule has 0 bridgehead atoms. The Bertz CT molecular complexity index is 534. The van der Waals surface area contributed by atoms with Gasteiger partial charge in [-0.15, -0.1) is 11.8 Å². The van der Waals surface area contributed by atoms with Gasteiger partial charge in [-0.2, -0.15) is 0 Å². The Morgan fingerprint density at radius 1 is 1.21 bits per heavy atom. The molecule has 2 heterocycles. The summed E-state index contributed by atoms with van der Waals surface area (Å²) in [6.45, 7) is 4.61. The number of aliphatic hydroxyl groups is 1. The van der Waals surface area contributed by atoms with Crippen molar-refractivity contribution in [2.45, 2.75) is 17.0 Å². The molecule has 7 heteroatoms. The smallest absolute Gasteiger partial charge is 0.251 e. The van der Waals surface area contributed by atoms with E-state index < -0.39 is 0 Å². The average molecular weight is 352 g/mol. The van der Waals surface area contributed by atoms with Crippen molar-refractivity contribution < 1.29 is 19.4 Å². The predicted molar refractivity (Wildman–Crippen MR) is 92.5 cm³/mol. The van der Waals surface area contributed by atoms with Crippen LogP contribution in [0.1, 0.15) is 10.4 Å². The molecule has 132 valence electrons. The van der Waals surface area contributed by atoms with E-state index >= 15 is 0 Å². The molecular formula is C17H24N2O4S. The summed E-state index contributed by atoms with van der Waals surface area (Å²) in [4.78, 5) is 15.9. The molecule has 2 fully saturated rings. The number of morpholine rings is 1. The molecule has 0 spiro atoms. The Hall–Kier alpha value is -1.12. The zero-order valence-corrected chi connectivity index (χ0v) is 14.5. The van der Waals surface area contributed by atoms with Crippen LogP contribution in [0.4, 0.5) is 0 Å². The summed E-state index contributed by atoms with van der Waals surface area (Å²) in [5.74, 6) is 0.592. The number of nitrogens with one attached hydrogen (secondary N) is 1. The third-order valence-electron chi connectivity index (χ3n) is 4.36. The second-order valence-electron chi connectivity index (χ2n) is 5.93. The van der Waals surface area contributed by atoms with Crippen LogP contribution in [0.15, 0.2) is 29.2 Å². The fraction of sp³-hybridized carbons (Fsp3) is 0.588. The zero-order chi connectivity index (χ0) is 16.8. The lowest BCUT2D eigenvalue weighted by Crippen LogP contribution is -2.54. The first-order valence-corrected chi connectivity index (χ1v) is 9.30. The maximum Gasteiger partial charge on any atom is 0.251 e. The number of amides is 1. The summed E-state index contributed by atoms with van der Waals surface area (Å²) in [5.41, 5.74) is 0.649. The molecule has 1 aromatic carbocycles. The summed E-state index contributed by atoms with van der Waals surface area (Å²) in [6, 6.07) is 7.72. The van der Waals surface area contributed by atoms with Gasteiger partial charge in [-0.3, -0.25) is 9.69 Å². The Balaban J connectivity index is 1.57. The number of rotatable bonds is 6. The Kier molecular flexibility index (Phi) is 6.51. The fourth-order valence-corrected chi connectivity index (χ4v) is 3.72. The van der Waals surface area contributed by atoms with Crippen molar-refractivity contribution in [3.8, 4) is 0 Å². The number of thioether (sulfide) groups is 1. The molecule has 2 unspecified atom stereocenters. The van der Waals surface area contributed by atoms with Crippen molar-refractivity contribution in [3.05, 3.63) is 29.8 Å². The normalized spacial score (nSPS) is 24.9. The highest BCUT2D eigenvalue weighted by molar-refractivity contribution is 7.99. The summed E-state index contributed by atoms with van der Waals surface area (Å²) in [6.07, 6.45) is 0. The van der Waals surface area contributed by atoms with Gasteiger partial charge in [-0.25, -0.2) is 0 Å². The summed E-state index contributed by atoms with van der Waals surface area (Å²) >= 11 is 1.57. The summed E-state index contributed by atoms with van der Waals surface area (Å²) in [5, 5.41) is 12.0. The van der Waals surface area contributed by atoms with E-state index in [9.17, 15) is 4.79 Å². The van der Waals surface area contributed by atoms with Gasteiger partial charge in [0.2, 0.25) is 0 Å². The number of hydrogen-bond donors (Lipinski definition) is 2. The molecule has 2 saturated heterocycles. The minimum absolute atomic E-state index is 0.0130. The molecule has 0 aliphatic carbocycles. The van der Waals surface area contributed by atoms with Crippen molar-refractivity contribution in [2.24, 2.45) is 0 Å². The molecule has 2 aliphatic rings. The lowest BCUT2D eigenvalue weighted by atomic mass is 10.1. The van der Waals surface area contributed by atoms with E-state index in [-0.39, 0.29) is 24.6 Å². The van der Waals surface area contributed by atoms with Gasteiger partial charge in [0.05, 0.1) is 45.1 Å². The molecule has 3 rings (SSSR count). The maximum absolute atomic E-state index is 12.5. The molecule has 24 heavy (non-hydrogen) atoms. The number of carbonyl (C=O) groups excluding carboxylic acids is 1. The van der Waals surface area contributed by atoms with Gasteiger partial charge in [0.25, 0.3) is 5.91 Å². The minimum Gasteiger partial charge on any atom is -0.396 e. The topological polar surface area (TPSA) is 71.0 Å². The third kappa shape index (κ3) is 4.49. The van der Waals surface area contributed by atoms with E-state index in [1.54, 1.807) is 11.8 Å². The van der Waals surface area contributed by atoms with Crippen molar-refractivity contribution in [1.82, 2.24) is 10.2 Å². The quantitative estimate of drug-likeness (QED) is 0.731. The third-order valence-corrected chi connectivity index (χ3v) is 5.35. The number of ether oxygens (including phenoxy) is 2. The van der Waals surface area contributed by atoms with Gasteiger partial charge in [0, 0.05) is 29.3 Å². The molecule has 2 aliphatic heterocycles. The van der Waals surface area contributed by atoms with E-state index in [1.807, 2.05) is 24.3 Å². The molecule has 1 amide bonds. The summed E-state index contributed by atoms with van der Waals surface area (Å²) in [7, 11) is 0. The second-order valence-corrected chi connectivity index (χ2v) is 7.10. The maximum atomic E-state index is 12.5. The molecule has 0 aromatic heterocycles. The highest BCUT2D eigenvalue weighted by Gasteiger charge is 2.34. The van der Waals surface area contributed by atoms with Crippen molar-refractivity contribution in [2.75, 3.05) is 51.9 Å². The molecule has 0 saturated carbocycles. The number of hydrogen-bond acceptors (Lipinski definition) is 6. The lowest BCUT2D eigenvalue weighted by molar-refractivity contribution is 0.0108. The Morgan fingerprint density at radius 2 is 1.96 bits per heavy atom. The van der Waals surface area contributed by atoms with Crippen LogP contribution in [0.5, 0.6) is 0 Å². The second kappa shape index (κ2) is 8.82. The van der Waals surface area contributed by atoms with Crippen molar-refractivity contribution >= 4 is 17.7 Å². The number of carbonyl (C=O) groups is 1. The van der Waals surface area contributed by atoms with E-state index in [0.29, 0.717) is 24.5 Å². The van der Waals surface area contributed by atoms with Crippen molar-refractivity contribution in [3.63, 3.8) is 0 Å². The van der Waals surface area contributed by atoms with Crippen LogP contribution < -0.4 is 5.32 Å². The van der Waals surface area contributed by atoms with Crippen molar-refractivity contribution in [1.29, 1.82) is 0 Å². The molecule has 0 radical (unpaired) electrons. The van der Waals surface area contributed by atoms with Crippen LogP contribution in [0.25, 0.3) is 0 Å². The Labute approximate surface area is 146 Å². The highest BCUT2D eigenvalue weighted by Crippen LogP contribution is 2.19. The standard InChI is InChI=1S/C17H24N2O4S/c20-7-10-24-14-3-1-13(2-4-14)17(21)18-15-11-23-12-16(15)19-5-8-22-9-6-19/h1-4,15-16,20H,5-12H2,(H,18,21). The van der Waals surface area contributed by atoms with E-state index in [2.05, 4.69) is 10.2 Å². The first kappa shape index (κ1) is 17.7. The average Bonchev–Trinajstić information content (AvgIpc) is 3.09. The van der Waals surface area contributed by atoms with Gasteiger partial charge < -0.3 is 19.9 Å². The number of nitrogens with zero attached hydrogens (tertiary/aromatic N) is 1. The fourth-order valence-electron chi connectivity index (χ4n) is 3.07. The SMILES string of the molecule is O=C(NC1COCC1N1CCOCC1)c1ccc(SCCO)cc1. The number of aliphatic hydroxyl groups excluding tert-OH is 1. The number of benzene rings is 1. The van der Waals surface area contributed by atoms with E-state index in [1.165, 1.54) is 0 Å². The molecule has 2 atom stereocenters. The van der Waals surface area contributed by atoms with E-state index in [0.717, 1.165) is 31.2 Å². The van der Waals surface area contributed by atoms with Gasteiger partial charge in [-0.05, 0) is 24.3 Å². The predicted octanol–water partition coefficient (Wildman–Crippen LogP) is 0.600. The van der Waals surface area contributed by atoms with E-state index in [4.69, 9.17) is 14.6 Å². The zero-order valence-electron chi connectivity index (χ0n) is 13.6. The van der Waals surface area contributed by atoms with Gasteiger partial charge in [-0.1, -0.05) is 0 Å². The van der Waals surface area contributed by atoms with Gasteiger partial charge in [0.15, 0.2) is 0 Å². The first-order valence-electron chi connectivity index (χ1n) is 8.32. The Morgan fingerprint density at radius 3 is 2.67 bits per heavy atom. The largest absolute Gasteiger partial charge is 0.396 e. The van der Waals surface area contributed by atoms with Crippen LogP contribution in [-0.4, -0.2) is 79.9 Å². The van der Waals surface area contributed by atoms with Crippen LogP contribution in [0.3, 0.4) is 0 Å². The first-order chi connectivity index (χ1) is 11.8. The molecule has 6 nitrogen and oxygen atoms in total. The highest BCUT2D eigenvalue weighted by atomic mass is 32.2. The van der Waals surface area contributed by atoms with Crippen LogP contribution >= 0.6 is 11.8 Å². The van der Waals surface area contributed by atoms with Crippen LogP contribution in [0.2, 0.25) is 0 Å². The monoisotopic (exact) mass is 352 g/mol. The summed E-state index contributed by atoms with van der Waals surface area (Å²) < 4.78 is 11.0. The van der Waals surface area contributed by atoms with Crippen LogP contribution in [-0.2, 0) is 9.47 Å².